The summed E-state index contributed by atoms with van der Waals surface area (Å²) in [7, 11) is 0. The van der Waals surface area contributed by atoms with E-state index in [0.717, 1.165) is 38.5 Å². The zero-order valence-corrected chi connectivity index (χ0v) is 16.9. The van der Waals surface area contributed by atoms with E-state index in [0.29, 0.717) is 31.0 Å². The van der Waals surface area contributed by atoms with Gasteiger partial charge in [0, 0.05) is 30.6 Å². The number of ketones is 2. The van der Waals surface area contributed by atoms with E-state index in [1.54, 1.807) is 0 Å². The topological polar surface area (TPSA) is 60.4 Å². The van der Waals surface area contributed by atoms with E-state index in [4.69, 9.17) is 4.74 Å². The summed E-state index contributed by atoms with van der Waals surface area (Å²) < 4.78 is 5.66. The third-order valence-electron chi connectivity index (χ3n) is 8.36. The lowest BCUT2D eigenvalue weighted by Crippen LogP contribution is -2.53. The zero-order valence-electron chi connectivity index (χ0n) is 16.9. The number of carbonyl (C=O) groups is 3. The number of esters is 1. The first-order valence-electron chi connectivity index (χ1n) is 10.8. The third-order valence-corrected chi connectivity index (χ3v) is 8.36. The van der Waals surface area contributed by atoms with E-state index in [1.165, 1.54) is 5.57 Å². The van der Waals surface area contributed by atoms with Gasteiger partial charge in [0.25, 0.3) is 0 Å². The van der Waals surface area contributed by atoms with E-state index in [1.807, 2.05) is 13.0 Å². The van der Waals surface area contributed by atoms with Gasteiger partial charge in [0.15, 0.2) is 5.78 Å². The normalized spacial score (nSPS) is 43.4. The van der Waals surface area contributed by atoms with Crippen molar-refractivity contribution in [1.29, 1.82) is 0 Å². The number of carbonyl (C=O) groups excluding carboxylic acids is 3. The zero-order chi connectivity index (χ0) is 19.4. The summed E-state index contributed by atoms with van der Waals surface area (Å²) in [5.74, 6) is 1.02. The van der Waals surface area contributed by atoms with Gasteiger partial charge >= 0.3 is 5.97 Å². The van der Waals surface area contributed by atoms with Crippen molar-refractivity contribution in [3.8, 4) is 0 Å². The highest BCUT2D eigenvalue weighted by molar-refractivity contribution is 5.96. The Morgan fingerprint density at radius 3 is 2.56 bits per heavy atom. The summed E-state index contributed by atoms with van der Waals surface area (Å²) in [5, 5.41) is 0. The molecule has 0 radical (unpaired) electrons. The number of hydrogen-bond acceptors (Lipinski definition) is 4. The highest BCUT2D eigenvalue weighted by Crippen LogP contribution is 2.63. The molecule has 0 saturated heterocycles. The summed E-state index contributed by atoms with van der Waals surface area (Å²) in [5.41, 5.74) is 0.909. The number of allylic oxidation sites excluding steroid dienone is 1. The minimum absolute atomic E-state index is 0.00291. The molecule has 0 heterocycles. The molecule has 148 valence electrons. The van der Waals surface area contributed by atoms with Crippen molar-refractivity contribution >= 4 is 17.5 Å². The van der Waals surface area contributed by atoms with Gasteiger partial charge in [0.1, 0.15) is 11.9 Å². The number of hydrogen-bond donors (Lipinski definition) is 0. The number of ether oxygens (including phenoxy) is 1. The smallest absolute Gasteiger partial charge is 0.306 e. The largest absolute Gasteiger partial charge is 0.462 e. The molecule has 0 bridgehead atoms. The van der Waals surface area contributed by atoms with Crippen LogP contribution >= 0.6 is 0 Å². The minimum Gasteiger partial charge on any atom is -0.462 e. The maximum atomic E-state index is 13.2. The molecule has 27 heavy (non-hydrogen) atoms. The fourth-order valence-electron chi connectivity index (χ4n) is 6.69. The molecule has 0 spiro atoms. The average Bonchev–Trinajstić information content (AvgIpc) is 2.92. The lowest BCUT2D eigenvalue weighted by molar-refractivity contribution is -0.151. The lowest BCUT2D eigenvalue weighted by Gasteiger charge is -2.56. The molecule has 4 aliphatic carbocycles. The van der Waals surface area contributed by atoms with Crippen molar-refractivity contribution < 1.29 is 19.1 Å². The van der Waals surface area contributed by atoms with Gasteiger partial charge in [-0.2, -0.15) is 0 Å². The molecule has 0 N–H and O–H groups in total. The van der Waals surface area contributed by atoms with Gasteiger partial charge < -0.3 is 4.74 Å². The molecule has 4 heteroatoms. The molecule has 4 nitrogen and oxygen atoms in total. The molecule has 4 aliphatic rings. The van der Waals surface area contributed by atoms with Crippen LogP contribution in [0.5, 0.6) is 0 Å². The molecular weight excluding hydrogens is 340 g/mol. The number of Topliss-reactive ketones (excluding diaryl/α,β-unsaturated/α-hetero) is 1. The Labute approximate surface area is 162 Å². The first-order valence-corrected chi connectivity index (χ1v) is 10.8. The van der Waals surface area contributed by atoms with Crippen LogP contribution in [-0.2, 0) is 19.1 Å². The van der Waals surface area contributed by atoms with E-state index in [-0.39, 0.29) is 40.5 Å². The van der Waals surface area contributed by atoms with E-state index < -0.39 is 0 Å². The summed E-state index contributed by atoms with van der Waals surface area (Å²) in [6, 6.07) is 0. The van der Waals surface area contributed by atoms with Gasteiger partial charge in [-0.3, -0.25) is 14.4 Å². The third kappa shape index (κ3) is 2.82. The van der Waals surface area contributed by atoms with Crippen LogP contribution in [0.3, 0.4) is 0 Å². The molecule has 4 rings (SSSR count). The van der Waals surface area contributed by atoms with Crippen molar-refractivity contribution in [2.45, 2.75) is 84.7 Å². The number of fused-ring (bicyclic) bond motifs is 5. The predicted octanol–water partition coefficient (Wildman–Crippen LogP) is 4.41. The van der Waals surface area contributed by atoms with Crippen molar-refractivity contribution in [2.24, 2.45) is 28.6 Å². The van der Waals surface area contributed by atoms with Crippen LogP contribution in [0.25, 0.3) is 0 Å². The highest BCUT2D eigenvalue weighted by atomic mass is 16.5. The minimum atomic E-state index is -0.286. The second kappa shape index (κ2) is 6.56. The van der Waals surface area contributed by atoms with Crippen LogP contribution in [0.4, 0.5) is 0 Å². The fraction of sp³-hybridized carbons (Fsp3) is 0.783. The Kier molecular flexibility index (Phi) is 4.59. The fourth-order valence-corrected chi connectivity index (χ4v) is 6.69. The molecule has 0 unspecified atom stereocenters. The first kappa shape index (κ1) is 18.9. The molecule has 0 aliphatic heterocycles. The molecular formula is C23H32O4. The van der Waals surface area contributed by atoms with Gasteiger partial charge in [-0.15, -0.1) is 0 Å². The van der Waals surface area contributed by atoms with Crippen molar-refractivity contribution in [1.82, 2.24) is 0 Å². The maximum Gasteiger partial charge on any atom is 0.306 e. The number of rotatable bonds is 3. The lowest BCUT2D eigenvalue weighted by atomic mass is 9.48. The van der Waals surface area contributed by atoms with Gasteiger partial charge in [0.05, 0.1) is 0 Å². The van der Waals surface area contributed by atoms with Crippen LogP contribution in [0.2, 0.25) is 0 Å². The Morgan fingerprint density at radius 1 is 1.11 bits per heavy atom. The maximum absolute atomic E-state index is 13.2. The van der Waals surface area contributed by atoms with Crippen LogP contribution in [-0.4, -0.2) is 23.6 Å². The summed E-state index contributed by atoms with van der Waals surface area (Å²) in [6.45, 7) is 6.39. The van der Waals surface area contributed by atoms with E-state index in [2.05, 4.69) is 13.8 Å². The van der Waals surface area contributed by atoms with Crippen LogP contribution in [0, 0.1) is 28.6 Å². The molecule has 0 aromatic carbocycles. The van der Waals surface area contributed by atoms with Crippen LogP contribution in [0.1, 0.15) is 78.6 Å². The molecule has 6 atom stereocenters. The average molecular weight is 373 g/mol. The molecule has 0 aromatic rings. The predicted molar refractivity (Wildman–Crippen MR) is 102 cm³/mol. The molecule has 0 aromatic heterocycles. The van der Waals surface area contributed by atoms with Gasteiger partial charge in [-0.1, -0.05) is 26.3 Å². The summed E-state index contributed by atoms with van der Waals surface area (Å²) >= 11 is 0. The molecule has 0 amide bonds. The van der Waals surface area contributed by atoms with Crippen LogP contribution < -0.4 is 0 Å². The SMILES string of the molecule is CCCC(=O)O[C@H]1CC[C@@]2(C)C(=CC(=O)[C@@H]3[C@@H]2CC[C@]2(C)C(=O)CC[C@@H]32)C1. The van der Waals surface area contributed by atoms with Gasteiger partial charge in [-0.05, 0) is 61.9 Å². The summed E-state index contributed by atoms with van der Waals surface area (Å²) in [6.07, 6.45) is 8.98. The van der Waals surface area contributed by atoms with Crippen molar-refractivity contribution in [2.75, 3.05) is 0 Å². The van der Waals surface area contributed by atoms with E-state index in [9.17, 15) is 14.4 Å². The Bertz CT molecular complexity index is 707. The Morgan fingerprint density at radius 2 is 1.81 bits per heavy atom. The van der Waals surface area contributed by atoms with Crippen molar-refractivity contribution in [3.63, 3.8) is 0 Å². The van der Waals surface area contributed by atoms with Gasteiger partial charge in [0.2, 0.25) is 0 Å². The quantitative estimate of drug-likeness (QED) is 0.689. The van der Waals surface area contributed by atoms with Gasteiger partial charge in [-0.25, -0.2) is 0 Å². The van der Waals surface area contributed by atoms with E-state index >= 15 is 0 Å². The summed E-state index contributed by atoms with van der Waals surface area (Å²) in [4.78, 5) is 37.5. The second-order valence-corrected chi connectivity index (χ2v) is 9.75. The molecule has 3 fully saturated rings. The molecule has 3 saturated carbocycles. The van der Waals surface area contributed by atoms with Crippen LogP contribution in [0.15, 0.2) is 11.6 Å². The Balaban J connectivity index is 1.59. The highest BCUT2D eigenvalue weighted by Gasteiger charge is 2.61. The standard InChI is InChI=1S/C23H32O4/c1-4-5-20(26)27-15-8-10-22(2)14(12-15)13-18(24)21-16-6-7-19(25)23(16,3)11-9-17(21)22/h13,15-17,21H,4-12H2,1-3H3/t15-,16-,17-,21-,22-,23-/m0/s1. The van der Waals surface area contributed by atoms with Crippen molar-refractivity contribution in [3.05, 3.63) is 11.6 Å². The first-order chi connectivity index (χ1) is 12.8. The monoisotopic (exact) mass is 372 g/mol. The second-order valence-electron chi connectivity index (χ2n) is 9.75. The Hall–Kier alpha value is -1.45.